The molecule has 0 spiro atoms. The minimum atomic E-state index is -0.578. The molecule has 1 aliphatic heterocycles. The van der Waals surface area contributed by atoms with Crippen LogP contribution in [-0.4, -0.2) is 24.2 Å². The summed E-state index contributed by atoms with van der Waals surface area (Å²) in [6.45, 7) is 1.90. The van der Waals surface area contributed by atoms with Crippen molar-refractivity contribution in [3.05, 3.63) is 0 Å². The maximum atomic E-state index is 10.8. The van der Waals surface area contributed by atoms with Gasteiger partial charge in [0.05, 0.1) is 5.41 Å². The van der Waals surface area contributed by atoms with Gasteiger partial charge in [-0.3, -0.25) is 4.79 Å². The molecule has 62 valence electrons. The van der Waals surface area contributed by atoms with Crippen molar-refractivity contribution < 1.29 is 9.90 Å². The summed E-state index contributed by atoms with van der Waals surface area (Å²) in [6, 6.07) is 0. The lowest BCUT2D eigenvalue weighted by atomic mass is 9.98. The smallest absolute Gasteiger partial charge is 0.309 e. The molecule has 1 heterocycles. The highest BCUT2D eigenvalue weighted by Gasteiger charge is 2.59. The topological polar surface area (TPSA) is 49.3 Å². The van der Waals surface area contributed by atoms with Crippen molar-refractivity contribution in [3.63, 3.8) is 0 Å². The zero-order valence-corrected chi connectivity index (χ0v) is 6.47. The molecule has 2 rings (SSSR count). The molecule has 2 atom stereocenters. The van der Waals surface area contributed by atoms with E-state index < -0.39 is 5.97 Å². The van der Waals surface area contributed by atoms with E-state index in [0.29, 0.717) is 5.92 Å². The molecule has 2 fully saturated rings. The fourth-order valence-electron chi connectivity index (χ4n) is 2.13. The van der Waals surface area contributed by atoms with E-state index in [4.69, 9.17) is 5.11 Å². The van der Waals surface area contributed by atoms with Crippen LogP contribution in [0.2, 0.25) is 0 Å². The number of nitrogens with one attached hydrogen (secondary N) is 1. The quantitative estimate of drug-likeness (QED) is 0.578. The van der Waals surface area contributed by atoms with Gasteiger partial charge in [0.15, 0.2) is 0 Å². The predicted molar refractivity (Wildman–Crippen MR) is 40.3 cm³/mol. The van der Waals surface area contributed by atoms with E-state index in [9.17, 15) is 4.79 Å². The molecule has 3 heteroatoms. The van der Waals surface area contributed by atoms with Crippen molar-refractivity contribution in [2.75, 3.05) is 13.1 Å². The normalized spacial score (nSPS) is 42.4. The molecule has 0 bridgehead atoms. The number of carbonyl (C=O) groups is 1. The van der Waals surface area contributed by atoms with Crippen molar-refractivity contribution in [2.24, 2.45) is 11.3 Å². The standard InChI is InChI=1S/C8H13NO2/c10-7(11)8-2-1-3-9-5-6(8)4-8/h6,9H,1-5H2,(H,10,11). The molecule has 11 heavy (non-hydrogen) atoms. The largest absolute Gasteiger partial charge is 0.481 e. The maximum Gasteiger partial charge on any atom is 0.309 e. The van der Waals surface area contributed by atoms with Crippen LogP contribution in [0, 0.1) is 11.3 Å². The summed E-state index contributed by atoms with van der Waals surface area (Å²) in [5.41, 5.74) is -0.316. The van der Waals surface area contributed by atoms with Gasteiger partial charge < -0.3 is 10.4 Å². The van der Waals surface area contributed by atoms with Gasteiger partial charge in [0.25, 0.3) is 0 Å². The molecule has 0 aromatic carbocycles. The van der Waals surface area contributed by atoms with E-state index in [1.807, 2.05) is 0 Å². The van der Waals surface area contributed by atoms with Gasteiger partial charge in [-0.05, 0) is 38.3 Å². The predicted octanol–water partition coefficient (Wildman–Crippen LogP) is 0.461. The molecule has 0 amide bonds. The molecule has 2 N–H and O–H groups in total. The number of aliphatic carboxylic acids is 1. The first-order valence-electron chi connectivity index (χ1n) is 4.20. The highest BCUT2D eigenvalue weighted by Crippen LogP contribution is 2.56. The lowest BCUT2D eigenvalue weighted by Crippen LogP contribution is -2.19. The van der Waals surface area contributed by atoms with Crippen molar-refractivity contribution in [3.8, 4) is 0 Å². The van der Waals surface area contributed by atoms with E-state index in [1.165, 1.54) is 0 Å². The number of hydrogen-bond donors (Lipinski definition) is 2. The third-order valence-corrected chi connectivity index (χ3v) is 3.03. The first kappa shape index (κ1) is 7.10. The van der Waals surface area contributed by atoms with Crippen LogP contribution in [0.25, 0.3) is 0 Å². The third kappa shape index (κ3) is 0.948. The molecule has 2 aliphatic rings. The molecular formula is C8H13NO2. The second-order valence-corrected chi connectivity index (χ2v) is 3.67. The number of fused-ring (bicyclic) bond motifs is 1. The lowest BCUT2D eigenvalue weighted by molar-refractivity contribution is -0.144. The van der Waals surface area contributed by atoms with Crippen LogP contribution in [-0.2, 0) is 4.79 Å². The minimum absolute atomic E-state index is 0.316. The Morgan fingerprint density at radius 3 is 3.18 bits per heavy atom. The van der Waals surface area contributed by atoms with Gasteiger partial charge in [-0.15, -0.1) is 0 Å². The Morgan fingerprint density at radius 2 is 2.45 bits per heavy atom. The highest BCUT2D eigenvalue weighted by molar-refractivity contribution is 5.78. The van der Waals surface area contributed by atoms with Crippen LogP contribution in [0.3, 0.4) is 0 Å². The average Bonchev–Trinajstić information content (AvgIpc) is 2.57. The van der Waals surface area contributed by atoms with Crippen molar-refractivity contribution in [1.82, 2.24) is 5.32 Å². The van der Waals surface area contributed by atoms with E-state index in [0.717, 1.165) is 32.4 Å². The summed E-state index contributed by atoms with van der Waals surface area (Å²) < 4.78 is 0. The van der Waals surface area contributed by atoms with Crippen LogP contribution in [0.15, 0.2) is 0 Å². The van der Waals surface area contributed by atoms with Gasteiger partial charge in [-0.2, -0.15) is 0 Å². The Bertz CT molecular complexity index is 193. The third-order valence-electron chi connectivity index (χ3n) is 3.03. The van der Waals surface area contributed by atoms with E-state index >= 15 is 0 Å². The number of rotatable bonds is 1. The number of hydrogen-bond acceptors (Lipinski definition) is 2. The molecule has 0 radical (unpaired) electrons. The maximum absolute atomic E-state index is 10.8. The molecule has 2 unspecified atom stereocenters. The lowest BCUT2D eigenvalue weighted by Gasteiger charge is -2.06. The number of carboxylic acid groups (broad SMARTS) is 1. The highest BCUT2D eigenvalue weighted by atomic mass is 16.4. The summed E-state index contributed by atoms with van der Waals surface area (Å²) in [7, 11) is 0. The van der Waals surface area contributed by atoms with E-state index in [-0.39, 0.29) is 5.41 Å². The second-order valence-electron chi connectivity index (χ2n) is 3.67. The second kappa shape index (κ2) is 2.21. The summed E-state index contributed by atoms with van der Waals surface area (Å²) in [4.78, 5) is 10.8. The van der Waals surface area contributed by atoms with Crippen molar-refractivity contribution >= 4 is 5.97 Å². The first-order chi connectivity index (χ1) is 5.26. The Morgan fingerprint density at radius 1 is 1.64 bits per heavy atom. The van der Waals surface area contributed by atoms with Gasteiger partial charge in [-0.25, -0.2) is 0 Å². The Kier molecular flexibility index (Phi) is 1.42. The zero-order valence-electron chi connectivity index (χ0n) is 6.47. The fraction of sp³-hybridized carbons (Fsp3) is 0.875. The van der Waals surface area contributed by atoms with Crippen molar-refractivity contribution in [1.29, 1.82) is 0 Å². The molecule has 3 nitrogen and oxygen atoms in total. The van der Waals surface area contributed by atoms with E-state index in [1.54, 1.807) is 0 Å². The zero-order chi connectivity index (χ0) is 7.90. The molecule has 0 aromatic rings. The van der Waals surface area contributed by atoms with Gasteiger partial charge >= 0.3 is 5.97 Å². The van der Waals surface area contributed by atoms with E-state index in [2.05, 4.69) is 5.32 Å². The summed E-state index contributed by atoms with van der Waals surface area (Å²) >= 11 is 0. The Labute approximate surface area is 65.8 Å². The summed E-state index contributed by atoms with van der Waals surface area (Å²) in [6.07, 6.45) is 2.79. The summed E-state index contributed by atoms with van der Waals surface area (Å²) in [5.74, 6) is -0.159. The fourth-order valence-corrected chi connectivity index (χ4v) is 2.13. The van der Waals surface area contributed by atoms with Gasteiger partial charge in [0.2, 0.25) is 0 Å². The molecular weight excluding hydrogens is 142 g/mol. The Balaban J connectivity index is 2.10. The van der Waals surface area contributed by atoms with Gasteiger partial charge in [0.1, 0.15) is 0 Å². The van der Waals surface area contributed by atoms with Crippen molar-refractivity contribution in [2.45, 2.75) is 19.3 Å². The van der Waals surface area contributed by atoms with Gasteiger partial charge in [-0.1, -0.05) is 0 Å². The van der Waals surface area contributed by atoms with Crippen LogP contribution >= 0.6 is 0 Å². The Hall–Kier alpha value is -0.570. The van der Waals surface area contributed by atoms with Crippen LogP contribution < -0.4 is 5.32 Å². The first-order valence-corrected chi connectivity index (χ1v) is 4.20. The average molecular weight is 155 g/mol. The molecule has 0 aromatic heterocycles. The van der Waals surface area contributed by atoms with Gasteiger partial charge in [0, 0.05) is 0 Å². The molecule has 1 saturated heterocycles. The summed E-state index contributed by atoms with van der Waals surface area (Å²) in [5, 5.41) is 12.2. The van der Waals surface area contributed by atoms with Crippen LogP contribution in [0.4, 0.5) is 0 Å². The molecule has 1 saturated carbocycles. The minimum Gasteiger partial charge on any atom is -0.481 e. The molecule has 1 aliphatic carbocycles. The number of carboxylic acids is 1. The monoisotopic (exact) mass is 155 g/mol. The SMILES string of the molecule is O=C(O)C12CCCNCC1C2. The van der Waals surface area contributed by atoms with Crippen LogP contribution in [0.5, 0.6) is 0 Å². The van der Waals surface area contributed by atoms with Crippen LogP contribution in [0.1, 0.15) is 19.3 Å².